The zero-order valence-electron chi connectivity index (χ0n) is 17.6. The maximum atomic E-state index is 13.4. The van der Waals surface area contributed by atoms with Crippen molar-refractivity contribution in [2.45, 2.75) is 31.1 Å². The SMILES string of the molecule is CCCCc1ccc(NC(=O)CN(c2ccc(Cl)cc2Cl)S(=O)(=O)c2ccccc2)cc1. The Kier molecular flexibility index (Phi) is 8.18. The third-order valence-corrected chi connectivity index (χ3v) is 7.17. The summed E-state index contributed by atoms with van der Waals surface area (Å²) >= 11 is 12.3. The van der Waals surface area contributed by atoms with Crippen molar-refractivity contribution >= 4 is 50.5 Å². The zero-order valence-corrected chi connectivity index (χ0v) is 19.9. The van der Waals surface area contributed by atoms with E-state index in [1.807, 2.05) is 24.3 Å². The monoisotopic (exact) mass is 490 g/mol. The minimum atomic E-state index is -4.05. The van der Waals surface area contributed by atoms with Crippen molar-refractivity contribution in [1.82, 2.24) is 0 Å². The van der Waals surface area contributed by atoms with E-state index in [0.717, 1.165) is 23.6 Å². The summed E-state index contributed by atoms with van der Waals surface area (Å²) in [6.07, 6.45) is 3.18. The van der Waals surface area contributed by atoms with Crippen molar-refractivity contribution in [3.8, 4) is 0 Å². The van der Waals surface area contributed by atoms with Crippen LogP contribution in [-0.4, -0.2) is 20.9 Å². The van der Waals surface area contributed by atoms with Gasteiger partial charge in [-0.1, -0.05) is 66.9 Å². The van der Waals surface area contributed by atoms with E-state index in [1.165, 1.54) is 35.9 Å². The highest BCUT2D eigenvalue weighted by Gasteiger charge is 2.28. The number of rotatable bonds is 9. The summed E-state index contributed by atoms with van der Waals surface area (Å²) in [5.41, 5.74) is 1.95. The first-order chi connectivity index (χ1) is 15.3. The van der Waals surface area contributed by atoms with Crippen LogP contribution >= 0.6 is 23.2 Å². The van der Waals surface area contributed by atoms with E-state index in [9.17, 15) is 13.2 Å². The Bertz CT molecular complexity index is 1170. The molecule has 3 aromatic carbocycles. The van der Waals surface area contributed by atoms with E-state index < -0.39 is 22.5 Å². The largest absolute Gasteiger partial charge is 0.325 e. The van der Waals surface area contributed by atoms with Gasteiger partial charge in [0.1, 0.15) is 6.54 Å². The highest BCUT2D eigenvalue weighted by molar-refractivity contribution is 7.92. The van der Waals surface area contributed by atoms with Gasteiger partial charge in [-0.3, -0.25) is 9.10 Å². The average Bonchev–Trinajstić information content (AvgIpc) is 2.78. The topological polar surface area (TPSA) is 66.5 Å². The van der Waals surface area contributed by atoms with E-state index >= 15 is 0 Å². The number of unbranched alkanes of at least 4 members (excludes halogenated alkanes) is 1. The van der Waals surface area contributed by atoms with Crippen molar-refractivity contribution in [3.05, 3.63) is 88.4 Å². The molecule has 0 unspecified atom stereocenters. The van der Waals surface area contributed by atoms with Crippen molar-refractivity contribution in [2.75, 3.05) is 16.2 Å². The molecule has 0 atom stereocenters. The fourth-order valence-corrected chi connectivity index (χ4v) is 5.19. The third-order valence-electron chi connectivity index (χ3n) is 4.85. The number of carbonyl (C=O) groups excluding carboxylic acids is 1. The summed E-state index contributed by atoms with van der Waals surface area (Å²) in [6, 6.07) is 19.9. The second-order valence-electron chi connectivity index (χ2n) is 7.27. The number of halogens is 2. The van der Waals surface area contributed by atoms with Crippen LogP contribution in [0, 0.1) is 0 Å². The van der Waals surface area contributed by atoms with Crippen LogP contribution < -0.4 is 9.62 Å². The van der Waals surface area contributed by atoms with Gasteiger partial charge >= 0.3 is 0 Å². The lowest BCUT2D eigenvalue weighted by Crippen LogP contribution is -2.38. The number of nitrogens with zero attached hydrogens (tertiary/aromatic N) is 1. The number of hydrogen-bond donors (Lipinski definition) is 1. The standard InChI is InChI=1S/C24H24Cl2N2O3S/c1-2-3-7-18-10-13-20(14-11-18)27-24(29)17-28(23-15-12-19(25)16-22(23)26)32(30,31)21-8-5-4-6-9-21/h4-6,8-16H,2-3,7,17H2,1H3,(H,27,29). The molecular formula is C24H24Cl2N2O3S. The lowest BCUT2D eigenvalue weighted by molar-refractivity contribution is -0.114. The molecule has 0 spiro atoms. The van der Waals surface area contributed by atoms with Crippen LogP contribution in [0.4, 0.5) is 11.4 Å². The Hall–Kier alpha value is -2.54. The van der Waals surface area contributed by atoms with Gasteiger partial charge < -0.3 is 5.32 Å². The van der Waals surface area contributed by atoms with Crippen LogP contribution in [0.1, 0.15) is 25.3 Å². The minimum Gasteiger partial charge on any atom is -0.325 e. The molecule has 0 saturated carbocycles. The molecule has 0 bridgehead atoms. The molecule has 32 heavy (non-hydrogen) atoms. The highest BCUT2D eigenvalue weighted by Crippen LogP contribution is 2.32. The molecule has 1 amide bonds. The molecule has 3 rings (SSSR count). The maximum Gasteiger partial charge on any atom is 0.264 e. The van der Waals surface area contributed by atoms with Crippen molar-refractivity contribution in [1.29, 1.82) is 0 Å². The van der Waals surface area contributed by atoms with Gasteiger partial charge in [-0.2, -0.15) is 0 Å². The molecule has 168 valence electrons. The highest BCUT2D eigenvalue weighted by atomic mass is 35.5. The molecule has 5 nitrogen and oxygen atoms in total. The summed E-state index contributed by atoms with van der Waals surface area (Å²) < 4.78 is 27.7. The number of benzene rings is 3. The Balaban J connectivity index is 1.86. The smallest absolute Gasteiger partial charge is 0.264 e. The van der Waals surface area contributed by atoms with Crippen LogP contribution in [0.5, 0.6) is 0 Å². The fraction of sp³-hybridized carbons (Fsp3) is 0.208. The quantitative estimate of drug-likeness (QED) is 0.389. The lowest BCUT2D eigenvalue weighted by Gasteiger charge is -2.25. The maximum absolute atomic E-state index is 13.4. The van der Waals surface area contributed by atoms with Gasteiger partial charge in [-0.25, -0.2) is 8.42 Å². The van der Waals surface area contributed by atoms with Crippen molar-refractivity contribution in [3.63, 3.8) is 0 Å². The molecule has 0 radical (unpaired) electrons. The van der Waals surface area contributed by atoms with Crippen LogP contribution in [0.15, 0.2) is 77.7 Å². The lowest BCUT2D eigenvalue weighted by atomic mass is 10.1. The predicted molar refractivity (Wildman–Crippen MR) is 131 cm³/mol. The van der Waals surface area contributed by atoms with Crippen molar-refractivity contribution < 1.29 is 13.2 Å². The van der Waals surface area contributed by atoms with Gasteiger partial charge in [-0.15, -0.1) is 0 Å². The first kappa shape index (κ1) is 24.1. The number of anilines is 2. The summed E-state index contributed by atoms with van der Waals surface area (Å²) in [4.78, 5) is 12.9. The molecule has 0 saturated heterocycles. The summed E-state index contributed by atoms with van der Waals surface area (Å²) in [5, 5.41) is 3.26. The Morgan fingerprint density at radius 1 is 0.969 bits per heavy atom. The first-order valence-corrected chi connectivity index (χ1v) is 12.4. The van der Waals surface area contributed by atoms with E-state index in [4.69, 9.17) is 23.2 Å². The normalized spacial score (nSPS) is 11.2. The Morgan fingerprint density at radius 3 is 2.28 bits per heavy atom. The molecule has 0 heterocycles. The minimum absolute atomic E-state index is 0.0547. The Morgan fingerprint density at radius 2 is 1.66 bits per heavy atom. The first-order valence-electron chi connectivity index (χ1n) is 10.2. The number of nitrogens with one attached hydrogen (secondary N) is 1. The van der Waals surface area contributed by atoms with Crippen LogP contribution in [-0.2, 0) is 21.2 Å². The summed E-state index contributed by atoms with van der Waals surface area (Å²) in [5.74, 6) is -0.489. The van der Waals surface area contributed by atoms with Gasteiger partial charge in [0.25, 0.3) is 10.0 Å². The van der Waals surface area contributed by atoms with Crippen LogP contribution in [0.25, 0.3) is 0 Å². The predicted octanol–water partition coefficient (Wildman–Crippen LogP) is 6.17. The molecule has 0 aliphatic rings. The Labute approximate surface area is 199 Å². The summed E-state index contributed by atoms with van der Waals surface area (Å²) in [7, 11) is -4.05. The van der Waals surface area contributed by atoms with Gasteiger partial charge in [0.15, 0.2) is 0 Å². The molecule has 0 aliphatic heterocycles. The number of aryl methyl sites for hydroxylation is 1. The van der Waals surface area contributed by atoms with Crippen LogP contribution in [0.2, 0.25) is 10.0 Å². The molecular weight excluding hydrogens is 467 g/mol. The van der Waals surface area contributed by atoms with E-state index in [0.29, 0.717) is 10.7 Å². The molecule has 0 aliphatic carbocycles. The molecule has 3 aromatic rings. The molecule has 0 fully saturated rings. The number of amides is 1. The van der Waals surface area contributed by atoms with Crippen molar-refractivity contribution in [2.24, 2.45) is 0 Å². The van der Waals surface area contributed by atoms with Gasteiger partial charge in [0.05, 0.1) is 15.6 Å². The fourth-order valence-electron chi connectivity index (χ4n) is 3.17. The van der Waals surface area contributed by atoms with E-state index in [-0.39, 0.29) is 15.6 Å². The van der Waals surface area contributed by atoms with Crippen LogP contribution in [0.3, 0.4) is 0 Å². The second kappa shape index (κ2) is 10.9. The number of hydrogen-bond acceptors (Lipinski definition) is 3. The number of carbonyl (C=O) groups is 1. The molecule has 8 heteroatoms. The van der Waals surface area contributed by atoms with Gasteiger partial charge in [-0.05, 0) is 60.9 Å². The average molecular weight is 491 g/mol. The van der Waals surface area contributed by atoms with Gasteiger partial charge in [0.2, 0.25) is 5.91 Å². The second-order valence-corrected chi connectivity index (χ2v) is 9.98. The number of sulfonamides is 1. The van der Waals surface area contributed by atoms with E-state index in [1.54, 1.807) is 18.2 Å². The molecule has 0 aromatic heterocycles. The molecule has 1 N–H and O–H groups in total. The van der Waals surface area contributed by atoms with E-state index in [2.05, 4.69) is 12.2 Å². The summed E-state index contributed by atoms with van der Waals surface area (Å²) in [6.45, 7) is 1.69. The van der Waals surface area contributed by atoms with Gasteiger partial charge in [0, 0.05) is 10.7 Å². The zero-order chi connectivity index (χ0) is 23.1. The third kappa shape index (κ3) is 6.03.